The van der Waals surface area contributed by atoms with Gasteiger partial charge in [-0.2, -0.15) is 0 Å². The fraction of sp³-hybridized carbons (Fsp3) is 0.250. The monoisotopic (exact) mass is 624 g/mol. The zero-order valence-electron chi connectivity index (χ0n) is 21.2. The molecule has 0 radical (unpaired) electrons. The Morgan fingerprint density at radius 2 is 0.595 bits per heavy atom. The average molecular weight is 626 g/mol. The summed E-state index contributed by atoms with van der Waals surface area (Å²) in [6.07, 6.45) is 0. The minimum Gasteiger partial charge on any atom is -0.294 e. The molecule has 0 spiro atoms. The molecule has 4 aromatic rings. The van der Waals surface area contributed by atoms with Crippen molar-refractivity contribution < 1.29 is 20.4 Å². The van der Waals surface area contributed by atoms with Gasteiger partial charge < -0.3 is 0 Å². The van der Waals surface area contributed by atoms with Crippen LogP contribution in [0.2, 0.25) is 0 Å². The van der Waals surface area contributed by atoms with Crippen molar-refractivity contribution in [3.05, 3.63) is 144 Å². The quantitative estimate of drug-likeness (QED) is 0.117. The summed E-state index contributed by atoms with van der Waals surface area (Å²) >= 11 is 11.8. The second-order valence-electron chi connectivity index (χ2n) is 8.74. The molecule has 0 unspecified atom stereocenters. The van der Waals surface area contributed by atoms with Crippen molar-refractivity contribution in [1.82, 2.24) is 9.80 Å². The second-order valence-corrected chi connectivity index (χ2v) is 9.50. The molecule has 0 aliphatic heterocycles. The van der Waals surface area contributed by atoms with Crippen LogP contribution < -0.4 is 0 Å². The smallest absolute Gasteiger partial charge is 0.294 e. The van der Waals surface area contributed by atoms with Gasteiger partial charge in [0.2, 0.25) is 0 Å². The molecular formula is C32H36Cl2N2Pd+2. The van der Waals surface area contributed by atoms with Crippen molar-refractivity contribution in [3.63, 3.8) is 0 Å². The summed E-state index contributed by atoms with van der Waals surface area (Å²) in [5, 5.41) is 0. The molecule has 0 aromatic heterocycles. The van der Waals surface area contributed by atoms with Crippen molar-refractivity contribution in [2.24, 2.45) is 0 Å². The van der Waals surface area contributed by atoms with Gasteiger partial charge in [-0.05, 0) is 22.3 Å². The van der Waals surface area contributed by atoms with Crippen molar-refractivity contribution >= 4 is 23.2 Å². The zero-order chi connectivity index (χ0) is 25.3. The van der Waals surface area contributed by atoms with Crippen LogP contribution in [0.1, 0.15) is 22.3 Å². The van der Waals surface area contributed by atoms with Gasteiger partial charge in [0.25, 0.3) is 0 Å². The molecule has 0 aliphatic carbocycles. The summed E-state index contributed by atoms with van der Waals surface area (Å²) < 4.78 is 0. The zero-order valence-corrected chi connectivity index (χ0v) is 24.2. The van der Waals surface area contributed by atoms with Crippen LogP contribution in [0.4, 0.5) is 0 Å². The Morgan fingerprint density at radius 1 is 0.378 bits per heavy atom. The van der Waals surface area contributed by atoms with E-state index in [1.807, 2.05) is 24.3 Å². The van der Waals surface area contributed by atoms with Crippen LogP contribution in [0, 0.1) is 0 Å². The van der Waals surface area contributed by atoms with Gasteiger partial charge in [-0.3, -0.25) is 9.80 Å². The van der Waals surface area contributed by atoms with E-state index < -0.39 is 0 Å². The van der Waals surface area contributed by atoms with Gasteiger partial charge in [0.15, 0.2) is 0 Å². The number of hydrogen-bond acceptors (Lipinski definition) is 2. The largest absolute Gasteiger partial charge is 2.00 e. The van der Waals surface area contributed by atoms with Gasteiger partial charge in [0, 0.05) is 51.0 Å². The number of hydrogen-bond donors (Lipinski definition) is 0. The SMILES string of the molecule is ClCCN(Cc1ccccc1)Cc1ccccc1.ClCCN(Cc1ccccc1)Cc1ccccc1.[Pd+2]. The van der Waals surface area contributed by atoms with E-state index in [0.717, 1.165) is 39.3 Å². The maximum atomic E-state index is 5.89. The van der Waals surface area contributed by atoms with Crippen LogP contribution in [-0.4, -0.2) is 34.6 Å². The van der Waals surface area contributed by atoms with Gasteiger partial charge in [0.05, 0.1) is 0 Å². The minimum absolute atomic E-state index is 0. The summed E-state index contributed by atoms with van der Waals surface area (Å²) in [5.74, 6) is 1.33. The molecule has 4 rings (SSSR count). The predicted octanol–water partition coefficient (Wildman–Crippen LogP) is 7.85. The molecule has 0 fully saturated rings. The first-order valence-corrected chi connectivity index (χ1v) is 13.6. The fourth-order valence-electron chi connectivity index (χ4n) is 4.03. The first-order valence-electron chi connectivity index (χ1n) is 12.5. The third kappa shape index (κ3) is 12.9. The summed E-state index contributed by atoms with van der Waals surface area (Å²) in [6, 6.07) is 42.1. The molecule has 0 atom stereocenters. The summed E-state index contributed by atoms with van der Waals surface area (Å²) in [7, 11) is 0. The molecule has 4 aromatic carbocycles. The first-order chi connectivity index (χ1) is 17.8. The molecule has 0 aliphatic rings. The topological polar surface area (TPSA) is 6.48 Å². The number of alkyl halides is 2. The van der Waals surface area contributed by atoms with Crippen LogP contribution in [0.15, 0.2) is 121 Å². The van der Waals surface area contributed by atoms with Gasteiger partial charge in [-0.25, -0.2) is 0 Å². The summed E-state index contributed by atoms with van der Waals surface area (Å²) in [4.78, 5) is 4.75. The van der Waals surface area contributed by atoms with E-state index in [4.69, 9.17) is 23.2 Å². The van der Waals surface area contributed by atoms with E-state index in [-0.39, 0.29) is 20.4 Å². The molecule has 5 heteroatoms. The van der Waals surface area contributed by atoms with Crippen molar-refractivity contribution in [2.75, 3.05) is 24.8 Å². The number of halogens is 2. The van der Waals surface area contributed by atoms with Crippen LogP contribution in [0.5, 0.6) is 0 Å². The van der Waals surface area contributed by atoms with Crippen LogP contribution in [-0.2, 0) is 46.6 Å². The second kappa shape index (κ2) is 19.2. The molecule has 37 heavy (non-hydrogen) atoms. The first kappa shape index (κ1) is 31.3. The molecular weight excluding hydrogens is 590 g/mol. The molecule has 0 saturated carbocycles. The normalized spacial score (nSPS) is 10.5. The van der Waals surface area contributed by atoms with Crippen molar-refractivity contribution in [3.8, 4) is 0 Å². The summed E-state index contributed by atoms with van der Waals surface area (Å²) in [5.41, 5.74) is 5.33. The van der Waals surface area contributed by atoms with Crippen LogP contribution in [0.25, 0.3) is 0 Å². The Balaban J connectivity index is 0.000000253. The van der Waals surface area contributed by atoms with E-state index in [2.05, 4.69) is 107 Å². The number of rotatable bonds is 12. The molecule has 0 N–H and O–H groups in total. The average Bonchev–Trinajstić information content (AvgIpc) is 2.92. The Hall–Kier alpha value is -1.96. The summed E-state index contributed by atoms with van der Waals surface area (Å²) in [6.45, 7) is 5.60. The van der Waals surface area contributed by atoms with Crippen LogP contribution in [0.3, 0.4) is 0 Å². The Bertz CT molecular complexity index is 895. The van der Waals surface area contributed by atoms with Gasteiger partial charge in [-0.15, -0.1) is 23.2 Å². The Kier molecular flexibility index (Phi) is 16.2. The minimum atomic E-state index is 0. The Labute approximate surface area is 246 Å². The number of benzene rings is 4. The molecule has 0 bridgehead atoms. The van der Waals surface area contributed by atoms with Gasteiger partial charge >= 0.3 is 20.4 Å². The maximum Gasteiger partial charge on any atom is 2.00 e. The van der Waals surface area contributed by atoms with E-state index in [1.54, 1.807) is 0 Å². The Morgan fingerprint density at radius 3 is 0.784 bits per heavy atom. The molecule has 0 amide bonds. The molecule has 0 saturated heterocycles. The molecule has 196 valence electrons. The van der Waals surface area contributed by atoms with Gasteiger partial charge in [0.1, 0.15) is 0 Å². The number of nitrogens with zero attached hydrogens (tertiary/aromatic N) is 2. The van der Waals surface area contributed by atoms with E-state index in [1.165, 1.54) is 22.3 Å². The van der Waals surface area contributed by atoms with Crippen molar-refractivity contribution in [2.45, 2.75) is 26.2 Å². The maximum absolute atomic E-state index is 5.89. The fourth-order valence-corrected chi connectivity index (χ4v) is 4.51. The third-order valence-electron chi connectivity index (χ3n) is 5.80. The van der Waals surface area contributed by atoms with E-state index in [0.29, 0.717) is 11.8 Å². The molecule has 0 heterocycles. The van der Waals surface area contributed by atoms with E-state index >= 15 is 0 Å². The van der Waals surface area contributed by atoms with Crippen LogP contribution >= 0.6 is 23.2 Å². The third-order valence-corrected chi connectivity index (χ3v) is 6.14. The standard InChI is InChI=1S/2C16H18ClN.Pd/c2*17-11-12-18(13-15-7-3-1-4-8-15)14-16-9-5-2-6-10-16;/h2*1-10H,11-14H2;/q;;+2. The van der Waals surface area contributed by atoms with E-state index in [9.17, 15) is 0 Å². The predicted molar refractivity (Wildman–Crippen MR) is 155 cm³/mol. The van der Waals surface area contributed by atoms with Gasteiger partial charge in [-0.1, -0.05) is 121 Å². The van der Waals surface area contributed by atoms with Crippen molar-refractivity contribution in [1.29, 1.82) is 0 Å². The molecule has 2 nitrogen and oxygen atoms in total.